The lowest BCUT2D eigenvalue weighted by atomic mass is 9.99. The zero-order valence-electron chi connectivity index (χ0n) is 38.1. The van der Waals surface area contributed by atoms with Crippen LogP contribution in [0.15, 0.2) is 72.9 Å². The van der Waals surface area contributed by atoms with E-state index in [0.717, 1.165) is 57.8 Å². The smallest absolute Gasteiger partial charge is 0.306 e. The van der Waals surface area contributed by atoms with E-state index in [1.165, 1.54) is 83.5 Å². The van der Waals surface area contributed by atoms with Gasteiger partial charge in [0.1, 0.15) is 31.0 Å². The molecule has 0 radical (unpaired) electrons. The van der Waals surface area contributed by atoms with Crippen molar-refractivity contribution >= 4 is 11.9 Å². The third-order valence-electron chi connectivity index (χ3n) is 10.6. The number of hydrogen-bond donors (Lipinski definition) is 4. The zero-order chi connectivity index (χ0) is 44.4. The molecule has 1 fully saturated rings. The van der Waals surface area contributed by atoms with Crippen LogP contribution < -0.4 is 0 Å². The van der Waals surface area contributed by atoms with Gasteiger partial charge in [0.15, 0.2) is 12.4 Å². The van der Waals surface area contributed by atoms with E-state index in [0.29, 0.717) is 12.8 Å². The highest BCUT2D eigenvalue weighted by Crippen LogP contribution is 2.22. The number of esters is 2. The minimum Gasteiger partial charge on any atom is -0.462 e. The highest BCUT2D eigenvalue weighted by Gasteiger charge is 2.44. The number of unbranched alkanes of at least 4 members (excludes halogenated alkanes) is 16. The van der Waals surface area contributed by atoms with Crippen LogP contribution in [-0.2, 0) is 28.5 Å². The maximum atomic E-state index is 12.8. The van der Waals surface area contributed by atoms with Crippen molar-refractivity contribution in [1.29, 1.82) is 0 Å². The molecule has 1 rings (SSSR count). The quantitative estimate of drug-likeness (QED) is 0.0267. The molecule has 1 heterocycles. The fourth-order valence-electron chi connectivity index (χ4n) is 6.86. The van der Waals surface area contributed by atoms with Gasteiger partial charge >= 0.3 is 11.9 Å². The van der Waals surface area contributed by atoms with Crippen molar-refractivity contribution in [3.05, 3.63) is 72.9 Å². The normalized spacial score (nSPS) is 20.4. The van der Waals surface area contributed by atoms with E-state index in [9.17, 15) is 30.0 Å². The van der Waals surface area contributed by atoms with Gasteiger partial charge < -0.3 is 39.4 Å². The Bertz CT molecular complexity index is 1220. The van der Waals surface area contributed by atoms with Gasteiger partial charge in [-0.15, -0.1) is 0 Å². The van der Waals surface area contributed by atoms with Crippen molar-refractivity contribution in [3.8, 4) is 0 Å². The lowest BCUT2D eigenvalue weighted by molar-refractivity contribution is -0.305. The number of carbonyl (C=O) groups is 2. The number of hydrogen-bond acceptors (Lipinski definition) is 10. The van der Waals surface area contributed by atoms with Crippen LogP contribution >= 0.6 is 0 Å². The first-order valence-corrected chi connectivity index (χ1v) is 24.0. The van der Waals surface area contributed by atoms with Crippen molar-refractivity contribution in [2.75, 3.05) is 19.8 Å². The zero-order valence-corrected chi connectivity index (χ0v) is 38.1. The first kappa shape index (κ1) is 56.2. The maximum Gasteiger partial charge on any atom is 0.306 e. The van der Waals surface area contributed by atoms with E-state index in [2.05, 4.69) is 74.6 Å². The number of carbonyl (C=O) groups excluding carboxylic acids is 2. The summed E-state index contributed by atoms with van der Waals surface area (Å²) in [5.41, 5.74) is 0. The summed E-state index contributed by atoms with van der Waals surface area (Å²) in [4.78, 5) is 25.4. The van der Waals surface area contributed by atoms with Gasteiger partial charge in [0.2, 0.25) is 0 Å². The van der Waals surface area contributed by atoms with Gasteiger partial charge in [-0.1, -0.05) is 189 Å². The standard InChI is InChI=1S/C51H86O10/c1-3-5-7-9-11-13-15-17-19-21-22-24-25-27-29-31-33-35-37-39-46(53)58-42-44(43-59-51-50(57)49(56)48(55)45(41-52)61-51)60-47(54)40-38-36-34-32-30-28-26-23-20-18-16-14-12-10-8-6-4-2/h5,7,11,13,17,19,22,24,27,29,33,35,44-45,48-52,55-57H,3-4,6,8-10,12,14-16,18,20-21,23,25-26,28,30-32,34,36-43H2,1-2H3/b7-5+,13-11+,19-17+,24-22+,29-27+,35-33+/t44-,45-,48+,49?,50?,51-/m0/s1. The predicted molar refractivity (Wildman–Crippen MR) is 247 cm³/mol. The van der Waals surface area contributed by atoms with Gasteiger partial charge in [-0.25, -0.2) is 0 Å². The molecule has 10 heteroatoms. The Hall–Kier alpha value is -2.86. The Morgan fingerprint density at radius 1 is 0.525 bits per heavy atom. The molecule has 61 heavy (non-hydrogen) atoms. The second-order valence-corrected chi connectivity index (χ2v) is 16.2. The lowest BCUT2D eigenvalue weighted by Crippen LogP contribution is -2.59. The Morgan fingerprint density at radius 2 is 0.967 bits per heavy atom. The molecular weight excluding hydrogens is 773 g/mol. The molecule has 0 aromatic heterocycles. The molecule has 1 saturated heterocycles. The minimum absolute atomic E-state index is 0.148. The third kappa shape index (κ3) is 32.5. The number of allylic oxidation sites excluding steroid dienone is 12. The van der Waals surface area contributed by atoms with Crippen molar-refractivity contribution in [3.63, 3.8) is 0 Å². The highest BCUT2D eigenvalue weighted by atomic mass is 16.7. The molecule has 10 nitrogen and oxygen atoms in total. The summed E-state index contributed by atoms with van der Waals surface area (Å²) in [6.45, 7) is 3.24. The molecule has 4 N–H and O–H groups in total. The van der Waals surface area contributed by atoms with Crippen LogP contribution in [0, 0.1) is 0 Å². The summed E-state index contributed by atoms with van der Waals surface area (Å²) >= 11 is 0. The second-order valence-electron chi connectivity index (χ2n) is 16.2. The van der Waals surface area contributed by atoms with Gasteiger partial charge in [-0.3, -0.25) is 9.59 Å². The summed E-state index contributed by atoms with van der Waals surface area (Å²) in [6.07, 6.45) is 44.9. The lowest BCUT2D eigenvalue weighted by Gasteiger charge is -2.39. The summed E-state index contributed by atoms with van der Waals surface area (Å²) in [6, 6.07) is 0. The van der Waals surface area contributed by atoms with Crippen LogP contribution in [0.25, 0.3) is 0 Å². The monoisotopic (exact) mass is 859 g/mol. The number of ether oxygens (including phenoxy) is 4. The van der Waals surface area contributed by atoms with Crippen LogP contribution in [0.4, 0.5) is 0 Å². The van der Waals surface area contributed by atoms with E-state index in [1.807, 2.05) is 12.2 Å². The van der Waals surface area contributed by atoms with E-state index in [1.54, 1.807) is 0 Å². The molecular formula is C51H86O10. The molecule has 350 valence electrons. The summed E-state index contributed by atoms with van der Waals surface area (Å²) in [7, 11) is 0. The minimum atomic E-state index is -1.61. The van der Waals surface area contributed by atoms with Crippen molar-refractivity contribution in [2.45, 2.75) is 218 Å². The first-order valence-electron chi connectivity index (χ1n) is 24.0. The molecule has 2 unspecified atom stereocenters. The summed E-state index contributed by atoms with van der Waals surface area (Å²) < 4.78 is 22.1. The molecule has 0 aliphatic carbocycles. The average molecular weight is 859 g/mol. The Morgan fingerprint density at radius 3 is 1.43 bits per heavy atom. The Kier molecular flexibility index (Phi) is 37.9. The summed E-state index contributed by atoms with van der Waals surface area (Å²) in [5, 5.41) is 40.1. The SMILES string of the molecule is CC/C=C/C/C=C/C/C=C/C/C=C/C/C=C/C/C=C/CCC(=O)OC[C@@H](CO[C@H]1O[C@@H](CO)[C@@H](O)C(O)C1O)OC(=O)CCCCCCCCCCCCCCCCCCC. The second kappa shape index (κ2) is 41.2. The molecule has 0 amide bonds. The number of aliphatic hydroxyl groups is 4. The molecule has 0 saturated carbocycles. The van der Waals surface area contributed by atoms with Gasteiger partial charge in [-0.05, 0) is 51.4 Å². The molecule has 0 bridgehead atoms. The number of rotatable bonds is 39. The van der Waals surface area contributed by atoms with E-state index in [-0.39, 0.29) is 26.1 Å². The van der Waals surface area contributed by atoms with Crippen LogP contribution in [0.3, 0.4) is 0 Å². The number of aliphatic hydroxyl groups excluding tert-OH is 4. The fraction of sp³-hybridized carbons (Fsp3) is 0.725. The summed E-state index contributed by atoms with van der Waals surface area (Å²) in [5.74, 6) is -0.904. The van der Waals surface area contributed by atoms with Crippen LogP contribution in [0.2, 0.25) is 0 Å². The van der Waals surface area contributed by atoms with Crippen molar-refractivity contribution in [1.82, 2.24) is 0 Å². The van der Waals surface area contributed by atoms with Crippen molar-refractivity contribution in [2.24, 2.45) is 0 Å². The molecule has 0 spiro atoms. The maximum absolute atomic E-state index is 12.8. The topological polar surface area (TPSA) is 152 Å². The third-order valence-corrected chi connectivity index (χ3v) is 10.6. The fourth-order valence-corrected chi connectivity index (χ4v) is 6.86. The molecule has 1 aliphatic heterocycles. The highest BCUT2D eigenvalue weighted by molar-refractivity contribution is 5.70. The van der Waals surface area contributed by atoms with E-state index < -0.39 is 55.4 Å². The predicted octanol–water partition coefficient (Wildman–Crippen LogP) is 10.8. The van der Waals surface area contributed by atoms with Gasteiger partial charge in [-0.2, -0.15) is 0 Å². The van der Waals surface area contributed by atoms with Crippen LogP contribution in [-0.4, -0.2) is 89.0 Å². The molecule has 1 aliphatic rings. The average Bonchev–Trinajstić information content (AvgIpc) is 3.26. The van der Waals surface area contributed by atoms with E-state index >= 15 is 0 Å². The van der Waals surface area contributed by atoms with Crippen LogP contribution in [0.1, 0.15) is 181 Å². The Labute approximate surface area is 370 Å². The van der Waals surface area contributed by atoms with Crippen LogP contribution in [0.5, 0.6) is 0 Å². The van der Waals surface area contributed by atoms with Gasteiger partial charge in [0, 0.05) is 12.8 Å². The molecule has 6 atom stereocenters. The Balaban J connectivity index is 2.35. The largest absolute Gasteiger partial charge is 0.462 e. The van der Waals surface area contributed by atoms with Gasteiger partial charge in [0.05, 0.1) is 13.2 Å². The van der Waals surface area contributed by atoms with Crippen molar-refractivity contribution < 1.29 is 49.0 Å². The molecule has 0 aromatic rings. The van der Waals surface area contributed by atoms with E-state index in [4.69, 9.17) is 18.9 Å². The first-order chi connectivity index (χ1) is 29.8. The molecule has 0 aromatic carbocycles. The van der Waals surface area contributed by atoms with Gasteiger partial charge in [0.25, 0.3) is 0 Å².